The molecule has 1 heterocycles. The van der Waals surface area contributed by atoms with E-state index in [-0.39, 0.29) is 4.90 Å². The maximum absolute atomic E-state index is 12.7. The van der Waals surface area contributed by atoms with Crippen LogP contribution in [0.25, 0.3) is 0 Å². The summed E-state index contributed by atoms with van der Waals surface area (Å²) in [6.07, 6.45) is 0. The molecule has 0 saturated carbocycles. The number of halogens is 1. The summed E-state index contributed by atoms with van der Waals surface area (Å²) >= 11 is 6.39. The number of rotatable bonds is 5. The van der Waals surface area contributed by atoms with Crippen molar-refractivity contribution in [2.45, 2.75) is 25.3 Å². The molecule has 1 saturated heterocycles. The molecular formula is C19H23ClN2O3S. The van der Waals surface area contributed by atoms with E-state index in [4.69, 9.17) is 16.3 Å². The number of hydrogen-bond acceptors (Lipinski definition) is 4. The van der Waals surface area contributed by atoms with Crippen LogP contribution in [0, 0.1) is 13.8 Å². The molecule has 1 aliphatic heterocycles. The largest absolute Gasteiger partial charge is 0.379 e. The summed E-state index contributed by atoms with van der Waals surface area (Å²) in [4.78, 5) is 2.55. The lowest BCUT2D eigenvalue weighted by Gasteiger charge is -2.27. The maximum atomic E-state index is 12.7. The molecule has 2 aromatic rings. The molecule has 5 nitrogen and oxygen atoms in total. The van der Waals surface area contributed by atoms with Crippen LogP contribution in [0.15, 0.2) is 41.3 Å². The van der Waals surface area contributed by atoms with Crippen molar-refractivity contribution in [2.75, 3.05) is 31.0 Å². The van der Waals surface area contributed by atoms with Crippen LogP contribution in [0.5, 0.6) is 0 Å². The van der Waals surface area contributed by atoms with E-state index in [9.17, 15) is 8.42 Å². The lowest BCUT2D eigenvalue weighted by Crippen LogP contribution is -2.35. The number of benzene rings is 2. The molecule has 0 aromatic heterocycles. The van der Waals surface area contributed by atoms with Gasteiger partial charge in [-0.1, -0.05) is 29.8 Å². The monoisotopic (exact) mass is 394 g/mol. The van der Waals surface area contributed by atoms with Crippen molar-refractivity contribution in [3.05, 3.63) is 58.1 Å². The number of nitrogens with one attached hydrogen (secondary N) is 1. The zero-order valence-electron chi connectivity index (χ0n) is 15.0. The van der Waals surface area contributed by atoms with Gasteiger partial charge in [0.05, 0.1) is 23.8 Å². The van der Waals surface area contributed by atoms with Gasteiger partial charge in [-0.25, -0.2) is 8.42 Å². The second-order valence-electron chi connectivity index (χ2n) is 6.57. The Morgan fingerprint density at radius 1 is 1.12 bits per heavy atom. The summed E-state index contributed by atoms with van der Waals surface area (Å²) in [6, 6.07) is 10.7. The van der Waals surface area contributed by atoms with Gasteiger partial charge < -0.3 is 4.74 Å². The van der Waals surface area contributed by atoms with Crippen molar-refractivity contribution in [3.63, 3.8) is 0 Å². The molecule has 26 heavy (non-hydrogen) atoms. The van der Waals surface area contributed by atoms with E-state index in [2.05, 4.69) is 9.62 Å². The highest BCUT2D eigenvalue weighted by Gasteiger charge is 2.18. The predicted octanol–water partition coefficient (Wildman–Crippen LogP) is 3.59. The third-order valence-corrected chi connectivity index (χ3v) is 6.31. The number of ether oxygens (including phenoxy) is 1. The van der Waals surface area contributed by atoms with Crippen LogP contribution < -0.4 is 4.72 Å². The van der Waals surface area contributed by atoms with Crippen LogP contribution in [0.3, 0.4) is 0 Å². The molecule has 7 heteroatoms. The fourth-order valence-corrected chi connectivity index (χ4v) is 4.57. The van der Waals surface area contributed by atoms with Crippen molar-refractivity contribution in [1.82, 2.24) is 4.90 Å². The first kappa shape index (κ1) is 19.2. The van der Waals surface area contributed by atoms with Gasteiger partial charge in [0.15, 0.2) is 0 Å². The molecule has 140 valence electrons. The Hall–Kier alpha value is -1.60. The van der Waals surface area contributed by atoms with Crippen LogP contribution in [-0.2, 0) is 21.3 Å². The van der Waals surface area contributed by atoms with Crippen LogP contribution in [0.1, 0.15) is 16.7 Å². The SMILES string of the molecule is Cc1ccc(C)c(S(=O)(=O)Nc2ccc(CN3CCOCC3)c(Cl)c2)c1. The minimum Gasteiger partial charge on any atom is -0.379 e. The average Bonchev–Trinajstić information content (AvgIpc) is 2.60. The summed E-state index contributed by atoms with van der Waals surface area (Å²) in [5.41, 5.74) is 3.04. The first-order valence-electron chi connectivity index (χ1n) is 8.54. The van der Waals surface area contributed by atoms with Crippen LogP contribution in [0.2, 0.25) is 5.02 Å². The van der Waals surface area contributed by atoms with Crippen LogP contribution in [-0.4, -0.2) is 39.6 Å². The summed E-state index contributed by atoms with van der Waals surface area (Å²) < 4.78 is 33.4. The third-order valence-electron chi connectivity index (χ3n) is 4.44. The molecule has 0 radical (unpaired) electrons. The van der Waals surface area contributed by atoms with Crippen molar-refractivity contribution in [1.29, 1.82) is 0 Å². The van der Waals surface area contributed by atoms with Crippen LogP contribution in [0.4, 0.5) is 5.69 Å². The summed E-state index contributed by atoms with van der Waals surface area (Å²) in [5, 5.41) is 0.553. The molecule has 0 unspecified atom stereocenters. The molecule has 2 aromatic carbocycles. The smallest absolute Gasteiger partial charge is 0.262 e. The highest BCUT2D eigenvalue weighted by Crippen LogP contribution is 2.26. The number of nitrogens with zero attached hydrogens (tertiary/aromatic N) is 1. The second-order valence-corrected chi connectivity index (χ2v) is 8.63. The molecule has 3 rings (SSSR count). The summed E-state index contributed by atoms with van der Waals surface area (Å²) in [6.45, 7) is 7.58. The molecule has 1 N–H and O–H groups in total. The van der Waals surface area contributed by atoms with E-state index >= 15 is 0 Å². The van der Waals surface area contributed by atoms with Gasteiger partial charge in [0, 0.05) is 24.7 Å². The summed E-state index contributed by atoms with van der Waals surface area (Å²) in [5.74, 6) is 0. The van der Waals surface area contributed by atoms with E-state index in [1.54, 1.807) is 25.1 Å². The van der Waals surface area contributed by atoms with Gasteiger partial charge in [-0.3, -0.25) is 9.62 Å². The Balaban J connectivity index is 1.77. The first-order chi connectivity index (χ1) is 12.3. The van der Waals surface area contributed by atoms with Crippen molar-refractivity contribution in [2.24, 2.45) is 0 Å². The Kier molecular flexibility index (Phi) is 5.87. The van der Waals surface area contributed by atoms with Gasteiger partial charge in [0.25, 0.3) is 10.0 Å². The van der Waals surface area contributed by atoms with Gasteiger partial charge in [-0.15, -0.1) is 0 Å². The molecule has 1 aliphatic rings. The number of morpholine rings is 1. The molecule has 0 atom stereocenters. The standard InChI is InChI=1S/C19H23ClN2O3S/c1-14-3-4-15(2)19(11-14)26(23,24)21-17-6-5-16(18(20)12-17)13-22-7-9-25-10-8-22/h3-6,11-12,21H,7-10,13H2,1-2H3. The Morgan fingerprint density at radius 2 is 1.85 bits per heavy atom. The Bertz CT molecular complexity index is 894. The Morgan fingerprint density at radius 3 is 2.54 bits per heavy atom. The fraction of sp³-hybridized carbons (Fsp3) is 0.368. The Labute approximate surface area is 160 Å². The van der Waals surface area contributed by atoms with Gasteiger partial charge in [0.1, 0.15) is 0 Å². The molecule has 0 amide bonds. The topological polar surface area (TPSA) is 58.6 Å². The van der Waals surface area contributed by atoms with Gasteiger partial charge in [-0.05, 0) is 48.7 Å². The van der Waals surface area contributed by atoms with Crippen LogP contribution >= 0.6 is 11.6 Å². The van der Waals surface area contributed by atoms with Gasteiger partial charge in [0.2, 0.25) is 0 Å². The fourth-order valence-electron chi connectivity index (χ4n) is 2.95. The molecule has 1 fully saturated rings. The highest BCUT2D eigenvalue weighted by molar-refractivity contribution is 7.92. The minimum atomic E-state index is -3.66. The number of hydrogen-bond donors (Lipinski definition) is 1. The molecule has 0 bridgehead atoms. The lowest BCUT2D eigenvalue weighted by atomic mass is 10.2. The predicted molar refractivity (Wildman–Crippen MR) is 104 cm³/mol. The van der Waals surface area contributed by atoms with E-state index in [1.165, 1.54) is 0 Å². The quantitative estimate of drug-likeness (QED) is 0.841. The normalized spacial score (nSPS) is 15.8. The molecule has 0 aliphatic carbocycles. The van der Waals surface area contributed by atoms with E-state index in [1.807, 2.05) is 25.1 Å². The minimum absolute atomic E-state index is 0.283. The highest BCUT2D eigenvalue weighted by atomic mass is 35.5. The second kappa shape index (κ2) is 7.96. The lowest BCUT2D eigenvalue weighted by molar-refractivity contribution is 0.0342. The van der Waals surface area contributed by atoms with E-state index < -0.39 is 10.0 Å². The number of anilines is 1. The van der Waals surface area contributed by atoms with Crippen molar-refractivity contribution >= 4 is 27.3 Å². The number of sulfonamides is 1. The third kappa shape index (κ3) is 4.57. The summed E-state index contributed by atoms with van der Waals surface area (Å²) in [7, 11) is -3.66. The maximum Gasteiger partial charge on any atom is 0.262 e. The molecule has 0 spiro atoms. The van der Waals surface area contributed by atoms with Crippen molar-refractivity contribution < 1.29 is 13.2 Å². The van der Waals surface area contributed by atoms with E-state index in [0.717, 1.165) is 44.0 Å². The van der Waals surface area contributed by atoms with Crippen molar-refractivity contribution in [3.8, 4) is 0 Å². The molecular weight excluding hydrogens is 372 g/mol. The first-order valence-corrected chi connectivity index (χ1v) is 10.4. The van der Waals surface area contributed by atoms with Gasteiger partial charge in [-0.2, -0.15) is 0 Å². The average molecular weight is 395 g/mol. The number of aryl methyl sites for hydroxylation is 2. The van der Waals surface area contributed by atoms with Gasteiger partial charge >= 0.3 is 0 Å². The van der Waals surface area contributed by atoms with E-state index in [0.29, 0.717) is 16.3 Å². The zero-order valence-corrected chi connectivity index (χ0v) is 16.5. The zero-order chi connectivity index (χ0) is 18.7.